The molecule has 0 unspecified atom stereocenters. The Balaban J connectivity index is 2.60. The Hall–Kier alpha value is -1.49. The minimum Gasteiger partial charge on any atom is -0.397 e. The van der Waals surface area contributed by atoms with Crippen LogP contribution in [0, 0.1) is 0 Å². The van der Waals surface area contributed by atoms with Crippen LogP contribution in [0.4, 0.5) is 5.69 Å². The van der Waals surface area contributed by atoms with E-state index in [9.17, 15) is 4.79 Å². The lowest BCUT2D eigenvalue weighted by molar-refractivity contribution is 0.0770. The van der Waals surface area contributed by atoms with Crippen molar-refractivity contribution in [3.8, 4) is 0 Å². The molecule has 0 spiro atoms. The number of anilines is 1. The molecule has 5 nitrogen and oxygen atoms in total. The number of hydrogen-bond acceptors (Lipinski definition) is 3. The molecule has 0 saturated heterocycles. The zero-order valence-electron chi connectivity index (χ0n) is 10.1. The number of nitrogens with two attached hydrogens (primary N) is 1. The number of rotatable bonds is 5. The van der Waals surface area contributed by atoms with E-state index in [0.717, 1.165) is 6.42 Å². The molecular weight excluding hydrogens is 206 g/mol. The summed E-state index contributed by atoms with van der Waals surface area (Å²) < 4.78 is 6.68. The van der Waals surface area contributed by atoms with Crippen LogP contribution in [0.1, 0.15) is 16.9 Å². The number of carbonyl (C=O) groups is 1. The fourth-order valence-corrected chi connectivity index (χ4v) is 1.55. The molecule has 0 aromatic carbocycles. The molecule has 90 valence electrons. The number of amides is 1. The molecule has 0 aliphatic carbocycles. The van der Waals surface area contributed by atoms with Crippen molar-refractivity contribution >= 4 is 11.6 Å². The summed E-state index contributed by atoms with van der Waals surface area (Å²) >= 11 is 0. The molecule has 1 amide bonds. The van der Waals surface area contributed by atoms with Crippen LogP contribution in [-0.2, 0) is 11.8 Å². The Morgan fingerprint density at radius 2 is 2.31 bits per heavy atom. The highest BCUT2D eigenvalue weighted by molar-refractivity contribution is 5.93. The highest BCUT2D eigenvalue weighted by Gasteiger charge is 2.14. The van der Waals surface area contributed by atoms with Crippen molar-refractivity contribution < 1.29 is 9.53 Å². The first-order valence-electron chi connectivity index (χ1n) is 5.22. The number of methoxy groups -OCH3 is 1. The predicted molar refractivity (Wildman–Crippen MR) is 63.3 cm³/mol. The van der Waals surface area contributed by atoms with Crippen molar-refractivity contribution in [2.75, 3.05) is 33.0 Å². The van der Waals surface area contributed by atoms with Gasteiger partial charge in [-0.15, -0.1) is 0 Å². The smallest absolute Gasteiger partial charge is 0.270 e. The van der Waals surface area contributed by atoms with Gasteiger partial charge in [0.1, 0.15) is 5.69 Å². The van der Waals surface area contributed by atoms with Gasteiger partial charge < -0.3 is 19.9 Å². The van der Waals surface area contributed by atoms with Gasteiger partial charge in [0.25, 0.3) is 5.91 Å². The van der Waals surface area contributed by atoms with Gasteiger partial charge in [0, 0.05) is 40.6 Å². The lowest BCUT2D eigenvalue weighted by Gasteiger charge is -2.17. The minimum atomic E-state index is -0.0182. The first-order chi connectivity index (χ1) is 7.56. The molecule has 1 aromatic heterocycles. The molecule has 0 saturated carbocycles. The third-order valence-corrected chi connectivity index (χ3v) is 2.43. The summed E-state index contributed by atoms with van der Waals surface area (Å²) in [6.07, 6.45) is 2.56. The van der Waals surface area contributed by atoms with Crippen molar-refractivity contribution in [2.24, 2.45) is 7.05 Å². The first-order valence-corrected chi connectivity index (χ1v) is 5.22. The van der Waals surface area contributed by atoms with Gasteiger partial charge in [-0.3, -0.25) is 4.79 Å². The van der Waals surface area contributed by atoms with Crippen LogP contribution in [0.5, 0.6) is 0 Å². The van der Waals surface area contributed by atoms with Crippen LogP contribution in [0.25, 0.3) is 0 Å². The topological polar surface area (TPSA) is 60.5 Å². The molecule has 0 bridgehead atoms. The Labute approximate surface area is 95.8 Å². The van der Waals surface area contributed by atoms with Crippen LogP contribution >= 0.6 is 0 Å². The highest BCUT2D eigenvalue weighted by atomic mass is 16.5. The fourth-order valence-electron chi connectivity index (χ4n) is 1.55. The maximum Gasteiger partial charge on any atom is 0.270 e. The summed E-state index contributed by atoms with van der Waals surface area (Å²) in [5.74, 6) is -0.0182. The molecule has 0 radical (unpaired) electrons. The molecule has 2 N–H and O–H groups in total. The summed E-state index contributed by atoms with van der Waals surface area (Å²) in [4.78, 5) is 13.7. The molecule has 0 fully saturated rings. The van der Waals surface area contributed by atoms with Gasteiger partial charge in [-0.25, -0.2) is 0 Å². The molecule has 1 heterocycles. The number of aryl methyl sites for hydroxylation is 1. The third-order valence-electron chi connectivity index (χ3n) is 2.43. The van der Waals surface area contributed by atoms with Crippen LogP contribution in [0.2, 0.25) is 0 Å². The van der Waals surface area contributed by atoms with E-state index in [0.29, 0.717) is 24.5 Å². The first kappa shape index (κ1) is 12.6. The second-order valence-electron chi connectivity index (χ2n) is 3.84. The van der Waals surface area contributed by atoms with E-state index in [1.165, 1.54) is 0 Å². The Morgan fingerprint density at radius 3 is 2.81 bits per heavy atom. The van der Waals surface area contributed by atoms with E-state index < -0.39 is 0 Å². The lowest BCUT2D eigenvalue weighted by Crippen LogP contribution is -2.29. The number of nitrogens with zero attached hydrogens (tertiary/aromatic N) is 2. The molecule has 5 heteroatoms. The van der Waals surface area contributed by atoms with E-state index in [-0.39, 0.29) is 5.91 Å². The van der Waals surface area contributed by atoms with Gasteiger partial charge in [-0.2, -0.15) is 0 Å². The van der Waals surface area contributed by atoms with E-state index in [1.54, 1.807) is 35.9 Å². The Bertz CT molecular complexity index is 360. The van der Waals surface area contributed by atoms with Crippen molar-refractivity contribution in [1.82, 2.24) is 9.47 Å². The average molecular weight is 225 g/mol. The van der Waals surface area contributed by atoms with E-state index in [4.69, 9.17) is 10.5 Å². The quantitative estimate of drug-likeness (QED) is 0.751. The fraction of sp³-hybridized carbons (Fsp3) is 0.545. The van der Waals surface area contributed by atoms with Crippen LogP contribution < -0.4 is 5.73 Å². The molecule has 0 atom stereocenters. The van der Waals surface area contributed by atoms with Gasteiger partial charge in [0.2, 0.25) is 0 Å². The largest absolute Gasteiger partial charge is 0.397 e. The summed E-state index contributed by atoms with van der Waals surface area (Å²) in [7, 11) is 5.24. The zero-order valence-corrected chi connectivity index (χ0v) is 10.1. The Kier molecular flexibility index (Phi) is 4.37. The van der Waals surface area contributed by atoms with Crippen molar-refractivity contribution in [2.45, 2.75) is 6.42 Å². The van der Waals surface area contributed by atoms with Gasteiger partial charge in [0.05, 0.1) is 5.69 Å². The normalized spacial score (nSPS) is 10.4. The van der Waals surface area contributed by atoms with Gasteiger partial charge >= 0.3 is 0 Å². The second-order valence-corrected chi connectivity index (χ2v) is 3.84. The molecule has 1 aromatic rings. The lowest BCUT2D eigenvalue weighted by atomic mass is 10.3. The summed E-state index contributed by atoms with van der Waals surface area (Å²) in [6.45, 7) is 1.34. The molecular formula is C11H19N3O2. The molecule has 1 rings (SSSR count). The van der Waals surface area contributed by atoms with Gasteiger partial charge in [-0.05, 0) is 12.5 Å². The van der Waals surface area contributed by atoms with E-state index in [1.807, 2.05) is 7.05 Å². The minimum absolute atomic E-state index is 0.0182. The average Bonchev–Trinajstić information content (AvgIpc) is 2.57. The monoisotopic (exact) mass is 225 g/mol. The van der Waals surface area contributed by atoms with Crippen LogP contribution in [0.15, 0.2) is 12.3 Å². The van der Waals surface area contributed by atoms with E-state index in [2.05, 4.69) is 0 Å². The summed E-state index contributed by atoms with van der Waals surface area (Å²) in [5, 5.41) is 0. The number of nitrogen functional groups attached to an aromatic ring is 1. The maximum atomic E-state index is 12.0. The number of carbonyl (C=O) groups excluding carboxylic acids is 1. The SMILES string of the molecule is COCCCN(C)C(=O)c1cc(N)cn1C. The summed E-state index contributed by atoms with van der Waals surface area (Å²) in [5.41, 5.74) is 6.84. The highest BCUT2D eigenvalue weighted by Crippen LogP contribution is 2.10. The number of ether oxygens (including phenoxy) is 1. The zero-order chi connectivity index (χ0) is 12.1. The van der Waals surface area contributed by atoms with Crippen molar-refractivity contribution in [1.29, 1.82) is 0 Å². The maximum absolute atomic E-state index is 12.0. The van der Waals surface area contributed by atoms with E-state index >= 15 is 0 Å². The molecule has 16 heavy (non-hydrogen) atoms. The van der Waals surface area contributed by atoms with Gasteiger partial charge in [0.15, 0.2) is 0 Å². The number of aromatic nitrogens is 1. The summed E-state index contributed by atoms with van der Waals surface area (Å²) in [6, 6.07) is 1.69. The molecule has 0 aliphatic heterocycles. The second kappa shape index (κ2) is 5.55. The van der Waals surface area contributed by atoms with Crippen LogP contribution in [0.3, 0.4) is 0 Å². The van der Waals surface area contributed by atoms with Gasteiger partial charge in [-0.1, -0.05) is 0 Å². The third kappa shape index (κ3) is 3.00. The number of hydrogen-bond donors (Lipinski definition) is 1. The van der Waals surface area contributed by atoms with Crippen molar-refractivity contribution in [3.05, 3.63) is 18.0 Å². The Morgan fingerprint density at radius 1 is 1.62 bits per heavy atom. The van der Waals surface area contributed by atoms with Crippen LogP contribution in [-0.4, -0.2) is 42.7 Å². The standard InChI is InChI=1S/C11H19N3O2/c1-13(5-4-6-16-3)11(15)10-7-9(12)8-14(10)2/h7-8H,4-6,12H2,1-3H3. The predicted octanol–water partition coefficient (Wildman–Crippen LogP) is 0.716. The van der Waals surface area contributed by atoms with Crippen molar-refractivity contribution in [3.63, 3.8) is 0 Å². The molecule has 0 aliphatic rings.